The summed E-state index contributed by atoms with van der Waals surface area (Å²) >= 11 is 0. The summed E-state index contributed by atoms with van der Waals surface area (Å²) in [5.74, 6) is -2.13. The van der Waals surface area contributed by atoms with Gasteiger partial charge in [0.2, 0.25) is 5.91 Å². The molecule has 0 spiro atoms. The molecular weight excluding hydrogens is 250 g/mol. The molecule has 0 fully saturated rings. The Morgan fingerprint density at radius 2 is 1.89 bits per heavy atom. The third kappa shape index (κ3) is 4.74. The van der Waals surface area contributed by atoms with E-state index in [1.54, 1.807) is 13.8 Å². The van der Waals surface area contributed by atoms with E-state index in [0.29, 0.717) is 0 Å². The van der Waals surface area contributed by atoms with Gasteiger partial charge in [0.25, 0.3) is 5.91 Å². The highest BCUT2D eigenvalue weighted by Crippen LogP contribution is 1.99. The molecular formula is C12H15N3O4. The van der Waals surface area contributed by atoms with E-state index in [4.69, 9.17) is 5.11 Å². The molecule has 0 aliphatic rings. The van der Waals surface area contributed by atoms with Crippen molar-refractivity contribution in [1.29, 1.82) is 0 Å². The highest BCUT2D eigenvalue weighted by molar-refractivity contribution is 5.96. The summed E-state index contributed by atoms with van der Waals surface area (Å²) in [4.78, 5) is 37.4. The van der Waals surface area contributed by atoms with E-state index in [1.165, 1.54) is 18.2 Å². The molecule has 7 heteroatoms. The first-order valence-electron chi connectivity index (χ1n) is 5.68. The number of nitrogens with zero attached hydrogens (tertiary/aromatic N) is 1. The first-order chi connectivity index (χ1) is 8.90. The Hall–Kier alpha value is -2.44. The predicted molar refractivity (Wildman–Crippen MR) is 66.8 cm³/mol. The monoisotopic (exact) mass is 265 g/mol. The highest BCUT2D eigenvalue weighted by atomic mass is 16.4. The van der Waals surface area contributed by atoms with Crippen LogP contribution in [0.4, 0.5) is 0 Å². The first kappa shape index (κ1) is 14.6. The molecule has 0 atom stereocenters. The van der Waals surface area contributed by atoms with Crippen molar-refractivity contribution in [3.63, 3.8) is 0 Å². The van der Waals surface area contributed by atoms with Crippen LogP contribution in [0.15, 0.2) is 18.2 Å². The fourth-order valence-electron chi connectivity index (χ4n) is 1.30. The summed E-state index contributed by atoms with van der Waals surface area (Å²) in [6, 6.07) is 4.06. The number of carbonyl (C=O) groups is 3. The van der Waals surface area contributed by atoms with E-state index >= 15 is 0 Å². The molecule has 7 nitrogen and oxygen atoms in total. The van der Waals surface area contributed by atoms with Crippen LogP contribution in [0.2, 0.25) is 0 Å². The average molecular weight is 265 g/mol. The Kier molecular flexibility index (Phi) is 4.99. The summed E-state index contributed by atoms with van der Waals surface area (Å²) < 4.78 is 0. The van der Waals surface area contributed by atoms with E-state index in [2.05, 4.69) is 15.6 Å². The van der Waals surface area contributed by atoms with Gasteiger partial charge >= 0.3 is 5.97 Å². The Morgan fingerprint density at radius 1 is 1.26 bits per heavy atom. The van der Waals surface area contributed by atoms with Crippen molar-refractivity contribution in [2.75, 3.05) is 6.54 Å². The zero-order valence-electron chi connectivity index (χ0n) is 10.6. The molecule has 1 aromatic rings. The maximum atomic E-state index is 11.7. The molecule has 1 aromatic heterocycles. The molecule has 1 rings (SSSR count). The Labute approximate surface area is 110 Å². The van der Waals surface area contributed by atoms with Crippen molar-refractivity contribution in [2.45, 2.75) is 19.9 Å². The molecule has 2 amide bonds. The first-order valence-corrected chi connectivity index (χ1v) is 5.68. The number of carboxylic acids is 1. The lowest BCUT2D eigenvalue weighted by atomic mass is 10.3. The van der Waals surface area contributed by atoms with Gasteiger partial charge in [-0.05, 0) is 26.0 Å². The van der Waals surface area contributed by atoms with Crippen LogP contribution >= 0.6 is 0 Å². The van der Waals surface area contributed by atoms with Gasteiger partial charge in [-0.25, -0.2) is 9.78 Å². The number of aromatic carboxylic acids is 1. The molecule has 0 bridgehead atoms. The molecule has 0 radical (unpaired) electrons. The van der Waals surface area contributed by atoms with Gasteiger partial charge in [-0.3, -0.25) is 9.59 Å². The molecule has 1 heterocycles. The number of aromatic nitrogens is 1. The van der Waals surface area contributed by atoms with E-state index in [-0.39, 0.29) is 29.9 Å². The van der Waals surface area contributed by atoms with Gasteiger partial charge in [0.15, 0.2) is 0 Å². The lowest BCUT2D eigenvalue weighted by molar-refractivity contribution is -0.120. The van der Waals surface area contributed by atoms with Gasteiger partial charge in [0, 0.05) is 6.04 Å². The minimum atomic E-state index is -1.22. The molecule has 102 valence electrons. The summed E-state index contributed by atoms with van der Waals surface area (Å²) in [6.07, 6.45) is 0. The van der Waals surface area contributed by atoms with Crippen molar-refractivity contribution in [1.82, 2.24) is 15.6 Å². The number of amides is 2. The normalized spacial score (nSPS) is 10.1. The molecule has 0 saturated carbocycles. The molecule has 3 N–H and O–H groups in total. The van der Waals surface area contributed by atoms with Gasteiger partial charge in [-0.15, -0.1) is 0 Å². The van der Waals surface area contributed by atoms with Gasteiger partial charge < -0.3 is 15.7 Å². The Balaban J connectivity index is 2.61. The number of hydrogen-bond acceptors (Lipinski definition) is 4. The smallest absolute Gasteiger partial charge is 0.354 e. The summed E-state index contributed by atoms with van der Waals surface area (Å²) in [7, 11) is 0. The number of hydrogen-bond donors (Lipinski definition) is 3. The maximum Gasteiger partial charge on any atom is 0.354 e. The van der Waals surface area contributed by atoms with Gasteiger partial charge in [-0.2, -0.15) is 0 Å². The Morgan fingerprint density at radius 3 is 2.47 bits per heavy atom. The van der Waals surface area contributed by atoms with Crippen molar-refractivity contribution in [2.24, 2.45) is 0 Å². The van der Waals surface area contributed by atoms with Gasteiger partial charge in [0.1, 0.15) is 11.4 Å². The van der Waals surface area contributed by atoms with Gasteiger partial charge in [-0.1, -0.05) is 6.07 Å². The van der Waals surface area contributed by atoms with Crippen molar-refractivity contribution >= 4 is 17.8 Å². The van der Waals surface area contributed by atoms with Gasteiger partial charge in [0.05, 0.1) is 6.54 Å². The van der Waals surface area contributed by atoms with Crippen LogP contribution in [0.1, 0.15) is 34.8 Å². The number of rotatable bonds is 5. The second-order valence-corrected chi connectivity index (χ2v) is 4.12. The standard InChI is InChI=1S/C12H15N3O4/c1-7(2)14-10(16)6-13-11(17)8-4-3-5-9(15-8)12(18)19/h3-5,7H,6H2,1-2H3,(H,13,17)(H,14,16)(H,18,19). The van der Waals surface area contributed by atoms with Crippen LogP contribution < -0.4 is 10.6 Å². The van der Waals surface area contributed by atoms with Crippen molar-refractivity contribution in [3.8, 4) is 0 Å². The molecule has 0 saturated heterocycles. The number of carbonyl (C=O) groups excluding carboxylic acids is 2. The molecule has 0 aliphatic carbocycles. The second kappa shape index (κ2) is 6.48. The topological polar surface area (TPSA) is 108 Å². The van der Waals surface area contributed by atoms with Crippen LogP contribution in [0.5, 0.6) is 0 Å². The Bertz CT molecular complexity index is 500. The van der Waals surface area contributed by atoms with E-state index in [9.17, 15) is 14.4 Å². The van der Waals surface area contributed by atoms with Crippen molar-refractivity contribution in [3.05, 3.63) is 29.6 Å². The fraction of sp³-hybridized carbons (Fsp3) is 0.333. The SMILES string of the molecule is CC(C)NC(=O)CNC(=O)c1cccc(C(=O)O)n1. The quantitative estimate of drug-likeness (QED) is 0.696. The third-order valence-corrected chi connectivity index (χ3v) is 2.06. The largest absolute Gasteiger partial charge is 0.477 e. The number of pyridine rings is 1. The van der Waals surface area contributed by atoms with E-state index in [0.717, 1.165) is 0 Å². The van der Waals surface area contributed by atoms with Crippen LogP contribution in [0.25, 0.3) is 0 Å². The average Bonchev–Trinajstić information content (AvgIpc) is 2.35. The highest BCUT2D eigenvalue weighted by Gasteiger charge is 2.12. The maximum absolute atomic E-state index is 11.7. The van der Waals surface area contributed by atoms with Crippen LogP contribution in [0, 0.1) is 0 Å². The van der Waals surface area contributed by atoms with Crippen LogP contribution in [0.3, 0.4) is 0 Å². The predicted octanol–water partition coefficient (Wildman–Crippen LogP) is 0.0342. The number of nitrogens with one attached hydrogen (secondary N) is 2. The van der Waals surface area contributed by atoms with Crippen molar-refractivity contribution < 1.29 is 19.5 Å². The van der Waals surface area contributed by atoms with Crippen LogP contribution in [-0.4, -0.2) is 40.5 Å². The number of carboxylic acid groups (broad SMARTS) is 1. The van der Waals surface area contributed by atoms with E-state index in [1.807, 2.05) is 0 Å². The zero-order chi connectivity index (χ0) is 14.4. The zero-order valence-corrected chi connectivity index (χ0v) is 10.6. The summed E-state index contributed by atoms with van der Waals surface area (Å²) in [5, 5.41) is 13.7. The summed E-state index contributed by atoms with van der Waals surface area (Å²) in [5.41, 5.74) is -0.267. The minimum absolute atomic E-state index is 0.0159. The molecule has 0 unspecified atom stereocenters. The lowest BCUT2D eigenvalue weighted by Gasteiger charge is -2.09. The summed E-state index contributed by atoms with van der Waals surface area (Å²) in [6.45, 7) is 3.42. The van der Waals surface area contributed by atoms with Crippen LogP contribution in [-0.2, 0) is 4.79 Å². The molecule has 0 aliphatic heterocycles. The molecule has 0 aromatic carbocycles. The molecule has 19 heavy (non-hydrogen) atoms. The fourth-order valence-corrected chi connectivity index (χ4v) is 1.30. The second-order valence-electron chi connectivity index (χ2n) is 4.12. The van der Waals surface area contributed by atoms with E-state index < -0.39 is 11.9 Å². The lowest BCUT2D eigenvalue weighted by Crippen LogP contribution is -2.40. The third-order valence-electron chi connectivity index (χ3n) is 2.06. The minimum Gasteiger partial charge on any atom is -0.477 e.